The second kappa shape index (κ2) is 9.73. The Hall–Kier alpha value is -3.58. The van der Waals surface area contributed by atoms with Crippen LogP contribution in [0.15, 0.2) is 66.0 Å². The van der Waals surface area contributed by atoms with E-state index in [1.807, 2.05) is 44.6 Å². The van der Waals surface area contributed by atoms with Gasteiger partial charge in [0.05, 0.1) is 17.3 Å². The molecule has 4 aromatic rings. The van der Waals surface area contributed by atoms with Gasteiger partial charge in [-0.05, 0) is 68.7 Å². The second-order valence-electron chi connectivity index (χ2n) is 9.15. The van der Waals surface area contributed by atoms with Crippen LogP contribution in [0.5, 0.6) is 0 Å². The van der Waals surface area contributed by atoms with Crippen LogP contribution in [0.2, 0.25) is 0 Å². The van der Waals surface area contributed by atoms with Crippen LogP contribution >= 0.6 is 0 Å². The highest BCUT2D eigenvalue weighted by molar-refractivity contribution is 5.74. The number of H-pyrrole nitrogens is 1. The maximum absolute atomic E-state index is 13.3. The van der Waals surface area contributed by atoms with Crippen molar-refractivity contribution < 1.29 is 0 Å². The van der Waals surface area contributed by atoms with E-state index in [0.717, 1.165) is 55.1 Å². The molecule has 0 radical (unpaired) electrons. The minimum atomic E-state index is 0.0492. The fourth-order valence-electron chi connectivity index (χ4n) is 4.82. The number of rotatable bonds is 6. The molecule has 34 heavy (non-hydrogen) atoms. The van der Waals surface area contributed by atoms with Gasteiger partial charge in [-0.2, -0.15) is 0 Å². The number of aromatic nitrogens is 4. The van der Waals surface area contributed by atoms with Crippen LogP contribution in [0.1, 0.15) is 35.4 Å². The molecule has 0 bridgehead atoms. The van der Waals surface area contributed by atoms with Crippen molar-refractivity contribution in [1.82, 2.24) is 24.8 Å². The first kappa shape index (κ1) is 22.2. The van der Waals surface area contributed by atoms with Gasteiger partial charge in [-0.15, -0.1) is 0 Å². The highest BCUT2D eigenvalue weighted by Crippen LogP contribution is 2.24. The lowest BCUT2D eigenvalue weighted by Gasteiger charge is -2.40. The minimum absolute atomic E-state index is 0.0492. The van der Waals surface area contributed by atoms with Crippen LogP contribution in [-0.2, 0) is 13.1 Å². The van der Waals surface area contributed by atoms with E-state index in [9.17, 15) is 4.79 Å². The molecule has 1 aliphatic rings. The van der Waals surface area contributed by atoms with Crippen molar-refractivity contribution in [2.24, 2.45) is 0 Å². The van der Waals surface area contributed by atoms with Crippen molar-refractivity contribution in [3.63, 3.8) is 0 Å². The van der Waals surface area contributed by atoms with E-state index in [0.29, 0.717) is 23.6 Å². The summed E-state index contributed by atoms with van der Waals surface area (Å²) in [6, 6.07) is 12.4. The molecule has 174 valence electrons. The van der Waals surface area contributed by atoms with Gasteiger partial charge in [0.25, 0.3) is 0 Å². The number of hydrogen-bond acceptors (Lipinski definition) is 6. The zero-order chi connectivity index (χ0) is 23.5. The topological polar surface area (TPSA) is 78.0 Å². The van der Waals surface area contributed by atoms with Gasteiger partial charge in [0, 0.05) is 67.8 Å². The molecule has 0 unspecified atom stereocenters. The van der Waals surface area contributed by atoms with Crippen molar-refractivity contribution in [1.29, 1.82) is 0 Å². The molecule has 1 aliphatic heterocycles. The summed E-state index contributed by atoms with van der Waals surface area (Å²) in [5.41, 5.74) is 5.84. The van der Waals surface area contributed by atoms with Crippen LogP contribution < -0.4 is 10.3 Å². The van der Waals surface area contributed by atoms with E-state index in [-0.39, 0.29) is 5.43 Å². The molecule has 0 aromatic carbocycles. The number of anilines is 1. The fraction of sp³-hybridized carbons (Fsp3) is 0.333. The molecular formula is C27H30N6O. The van der Waals surface area contributed by atoms with E-state index < -0.39 is 0 Å². The van der Waals surface area contributed by atoms with E-state index in [1.165, 1.54) is 5.56 Å². The summed E-state index contributed by atoms with van der Waals surface area (Å²) in [6.07, 6.45) is 9.55. The minimum Gasteiger partial charge on any atom is -0.369 e. The number of pyridine rings is 4. The molecular weight excluding hydrogens is 424 g/mol. The van der Waals surface area contributed by atoms with Gasteiger partial charge < -0.3 is 9.88 Å². The van der Waals surface area contributed by atoms with Crippen LogP contribution in [-0.4, -0.2) is 44.0 Å². The number of hydrogen-bond donors (Lipinski definition) is 1. The summed E-state index contributed by atoms with van der Waals surface area (Å²) in [7, 11) is 0. The maximum atomic E-state index is 13.3. The second-order valence-corrected chi connectivity index (χ2v) is 9.15. The Labute approximate surface area is 199 Å². The smallest absolute Gasteiger partial charge is 0.195 e. The van der Waals surface area contributed by atoms with Crippen LogP contribution in [0.3, 0.4) is 0 Å². The number of nitrogens with one attached hydrogen (secondary N) is 1. The molecule has 5 rings (SSSR count). The van der Waals surface area contributed by atoms with Crippen molar-refractivity contribution in [3.8, 4) is 0 Å². The summed E-state index contributed by atoms with van der Waals surface area (Å²) < 4.78 is 0. The average molecular weight is 455 g/mol. The molecule has 0 saturated carbocycles. The van der Waals surface area contributed by atoms with E-state index in [1.54, 1.807) is 6.20 Å². The molecule has 7 heteroatoms. The Morgan fingerprint density at radius 1 is 1.06 bits per heavy atom. The summed E-state index contributed by atoms with van der Waals surface area (Å²) >= 11 is 0. The van der Waals surface area contributed by atoms with Crippen molar-refractivity contribution >= 4 is 16.7 Å². The Balaban J connectivity index is 1.45. The third kappa shape index (κ3) is 4.84. The van der Waals surface area contributed by atoms with Gasteiger partial charge in [0.15, 0.2) is 5.43 Å². The molecule has 1 saturated heterocycles. The lowest BCUT2D eigenvalue weighted by atomic mass is 10.0. The predicted molar refractivity (Wildman–Crippen MR) is 135 cm³/mol. The lowest BCUT2D eigenvalue weighted by Crippen LogP contribution is -2.48. The summed E-state index contributed by atoms with van der Waals surface area (Å²) in [5.74, 6) is 0. The molecule has 1 atom stereocenters. The molecule has 1 N–H and O–H groups in total. The van der Waals surface area contributed by atoms with Gasteiger partial charge >= 0.3 is 0 Å². The highest BCUT2D eigenvalue weighted by Gasteiger charge is 2.27. The standard InChI is InChI=1S/C27H30N6O/c1-19-7-8-23(15-30-19)32-12-4-5-24(18-32)33(16-21-9-11-28-20(2)13-21)17-22-14-31-27-25(26(22)34)6-3-10-29-27/h3,6-11,13-15,24H,4-5,12,16-18H2,1-2H3,(H,29,31,34)/t24-/m0/s1. The number of fused-ring (bicyclic) bond motifs is 1. The molecule has 1 fully saturated rings. The van der Waals surface area contributed by atoms with Crippen molar-refractivity contribution in [3.05, 3.63) is 93.9 Å². The van der Waals surface area contributed by atoms with Gasteiger partial charge in [-0.3, -0.25) is 19.7 Å². The Morgan fingerprint density at radius 3 is 2.79 bits per heavy atom. The van der Waals surface area contributed by atoms with Crippen LogP contribution in [0.4, 0.5) is 5.69 Å². The SMILES string of the molecule is Cc1ccc(N2CCC[C@H](N(Cc3ccnc(C)c3)Cc3c[nH]c4ncccc4c3=O)C2)cn1. The lowest BCUT2D eigenvalue weighted by molar-refractivity contribution is 0.158. The Kier molecular flexibility index (Phi) is 6.36. The molecule has 4 aromatic heterocycles. The van der Waals surface area contributed by atoms with Crippen LogP contribution in [0, 0.1) is 13.8 Å². The predicted octanol–water partition coefficient (Wildman–Crippen LogP) is 4.00. The number of aryl methyl sites for hydroxylation is 2. The highest BCUT2D eigenvalue weighted by atomic mass is 16.1. The van der Waals surface area contributed by atoms with Gasteiger partial charge in [-0.25, -0.2) is 4.98 Å². The fourth-order valence-corrected chi connectivity index (χ4v) is 4.82. The first-order chi connectivity index (χ1) is 16.6. The number of nitrogens with zero attached hydrogens (tertiary/aromatic N) is 5. The van der Waals surface area contributed by atoms with E-state index in [2.05, 4.69) is 54.0 Å². The first-order valence-corrected chi connectivity index (χ1v) is 11.9. The molecule has 0 spiro atoms. The maximum Gasteiger partial charge on any atom is 0.195 e. The molecule has 5 heterocycles. The third-order valence-corrected chi connectivity index (χ3v) is 6.62. The van der Waals surface area contributed by atoms with Gasteiger partial charge in [-0.1, -0.05) is 0 Å². The number of piperidine rings is 1. The normalized spacial score (nSPS) is 16.3. The molecule has 0 amide bonds. The van der Waals surface area contributed by atoms with Gasteiger partial charge in [0.1, 0.15) is 5.65 Å². The zero-order valence-electron chi connectivity index (χ0n) is 19.7. The Morgan fingerprint density at radius 2 is 1.97 bits per heavy atom. The van der Waals surface area contributed by atoms with Crippen molar-refractivity contribution in [2.75, 3.05) is 18.0 Å². The molecule has 0 aliphatic carbocycles. The summed E-state index contributed by atoms with van der Waals surface area (Å²) in [5, 5.41) is 0.635. The molecule has 7 nitrogen and oxygen atoms in total. The summed E-state index contributed by atoms with van der Waals surface area (Å²) in [4.78, 5) is 34.5. The first-order valence-electron chi connectivity index (χ1n) is 11.9. The zero-order valence-corrected chi connectivity index (χ0v) is 19.7. The average Bonchev–Trinajstić information content (AvgIpc) is 2.86. The Bertz CT molecular complexity index is 1330. The van der Waals surface area contributed by atoms with Gasteiger partial charge in [0.2, 0.25) is 0 Å². The number of aromatic amines is 1. The largest absolute Gasteiger partial charge is 0.369 e. The summed E-state index contributed by atoms with van der Waals surface area (Å²) in [6.45, 7) is 7.29. The van der Waals surface area contributed by atoms with E-state index in [4.69, 9.17) is 0 Å². The van der Waals surface area contributed by atoms with Crippen molar-refractivity contribution in [2.45, 2.75) is 45.8 Å². The third-order valence-electron chi connectivity index (χ3n) is 6.62. The van der Waals surface area contributed by atoms with E-state index >= 15 is 0 Å². The quantitative estimate of drug-likeness (QED) is 0.475. The van der Waals surface area contributed by atoms with Crippen LogP contribution in [0.25, 0.3) is 11.0 Å². The monoisotopic (exact) mass is 454 g/mol.